The molecule has 0 aromatic heterocycles. The first-order valence-corrected chi connectivity index (χ1v) is 5.76. The summed E-state index contributed by atoms with van der Waals surface area (Å²) in [7, 11) is 0. The summed E-state index contributed by atoms with van der Waals surface area (Å²) in [4.78, 5) is 11.6. The maximum Gasteiger partial charge on any atom is 0.434 e. The lowest BCUT2D eigenvalue weighted by Crippen LogP contribution is -2.61. The van der Waals surface area contributed by atoms with Crippen molar-refractivity contribution in [3.05, 3.63) is 48.0 Å². The van der Waals surface area contributed by atoms with Crippen molar-refractivity contribution >= 4 is 6.09 Å². The van der Waals surface area contributed by atoms with Crippen LogP contribution in [-0.4, -0.2) is 44.8 Å². The van der Waals surface area contributed by atoms with Gasteiger partial charge in [0, 0.05) is 0 Å². The van der Waals surface area contributed by atoms with Crippen molar-refractivity contribution in [2.75, 3.05) is 0 Å². The molecule has 1 aliphatic carbocycles. The van der Waals surface area contributed by atoms with Gasteiger partial charge in [0.15, 0.2) is 0 Å². The van der Waals surface area contributed by atoms with Gasteiger partial charge < -0.3 is 14.9 Å². The van der Waals surface area contributed by atoms with E-state index in [1.165, 1.54) is 0 Å². The third-order valence-electron chi connectivity index (χ3n) is 3.06. The zero-order valence-corrected chi connectivity index (χ0v) is 10.1. The van der Waals surface area contributed by atoms with Crippen LogP contribution in [0.3, 0.4) is 0 Å². The molecule has 102 valence electrons. The van der Waals surface area contributed by atoms with Gasteiger partial charge in [-0.15, -0.1) is 0 Å². The molecule has 0 saturated heterocycles. The number of carbonyl (C=O) groups excluding carboxylic acids is 1. The molecule has 0 radical (unpaired) electrons. The van der Waals surface area contributed by atoms with Crippen LogP contribution in [0.4, 0.5) is 4.79 Å². The number of aliphatic hydroxyl groups excluding tert-OH is 2. The fourth-order valence-corrected chi connectivity index (χ4v) is 1.87. The second-order valence-electron chi connectivity index (χ2n) is 4.34. The van der Waals surface area contributed by atoms with Crippen molar-refractivity contribution < 1.29 is 25.0 Å². The molecular formula is C13H15NO5. The van der Waals surface area contributed by atoms with E-state index in [9.17, 15) is 20.2 Å². The van der Waals surface area contributed by atoms with Gasteiger partial charge in [-0.1, -0.05) is 36.9 Å². The third kappa shape index (κ3) is 2.60. The summed E-state index contributed by atoms with van der Waals surface area (Å²) in [5.41, 5.74) is 0.948. The van der Waals surface area contributed by atoms with E-state index in [1.807, 2.05) is 6.07 Å². The lowest BCUT2D eigenvalue weighted by Gasteiger charge is -2.43. The Bertz CT molecular complexity index is 475. The minimum absolute atomic E-state index is 0.00851. The maximum atomic E-state index is 11.6. The smallest absolute Gasteiger partial charge is 0.434 e. The van der Waals surface area contributed by atoms with Gasteiger partial charge in [0.25, 0.3) is 0 Å². The van der Waals surface area contributed by atoms with E-state index in [1.54, 1.807) is 24.3 Å². The van der Waals surface area contributed by atoms with Crippen molar-refractivity contribution in [1.29, 1.82) is 0 Å². The number of nitrogens with zero attached hydrogens (tertiary/aromatic N) is 1. The largest absolute Gasteiger partial charge is 0.443 e. The van der Waals surface area contributed by atoms with Crippen LogP contribution in [0.2, 0.25) is 0 Å². The minimum Gasteiger partial charge on any atom is -0.443 e. The molecule has 1 amide bonds. The fraction of sp³-hybridized carbons (Fsp3) is 0.308. The molecule has 1 fully saturated rings. The molecule has 1 saturated carbocycles. The number of rotatable bonds is 3. The third-order valence-corrected chi connectivity index (χ3v) is 3.06. The molecule has 1 aromatic rings. The van der Waals surface area contributed by atoms with Crippen molar-refractivity contribution in [2.45, 2.75) is 24.9 Å². The number of ether oxygens (including phenoxy) is 1. The average molecular weight is 265 g/mol. The van der Waals surface area contributed by atoms with E-state index in [0.29, 0.717) is 0 Å². The van der Waals surface area contributed by atoms with E-state index in [2.05, 4.69) is 6.58 Å². The molecule has 0 bridgehead atoms. The van der Waals surface area contributed by atoms with Gasteiger partial charge >= 0.3 is 6.09 Å². The molecule has 0 spiro atoms. The predicted molar refractivity (Wildman–Crippen MR) is 65.2 cm³/mol. The molecule has 3 N–H and O–H groups in total. The standard InChI is InChI=1S/C13H15NO5/c1-8-10(12(16)11(8)15)14(18)13(17)19-7-9-5-3-2-4-6-9/h2-6,10-12,15-16,18H,1,7H2/t10-,11?,12?/m0/s1. The molecule has 0 heterocycles. The lowest BCUT2D eigenvalue weighted by molar-refractivity contribution is -0.168. The molecule has 3 atom stereocenters. The quantitative estimate of drug-likeness (QED) is 0.424. The number of amides is 1. The van der Waals surface area contributed by atoms with E-state index < -0.39 is 24.3 Å². The van der Waals surface area contributed by atoms with Crippen LogP contribution >= 0.6 is 0 Å². The van der Waals surface area contributed by atoms with Gasteiger partial charge in [0.05, 0.1) is 0 Å². The highest BCUT2D eigenvalue weighted by Gasteiger charge is 2.48. The second-order valence-corrected chi connectivity index (χ2v) is 4.34. The Balaban J connectivity index is 1.88. The predicted octanol–water partition coefficient (Wildman–Crippen LogP) is 0.675. The number of hydroxylamine groups is 2. The molecular weight excluding hydrogens is 250 g/mol. The van der Waals surface area contributed by atoms with Crippen LogP contribution in [0.25, 0.3) is 0 Å². The molecule has 0 aliphatic heterocycles. The van der Waals surface area contributed by atoms with E-state index in [4.69, 9.17) is 4.74 Å². The molecule has 2 rings (SSSR count). The summed E-state index contributed by atoms with van der Waals surface area (Å²) in [6.45, 7) is 3.48. The highest BCUT2D eigenvalue weighted by molar-refractivity contribution is 5.68. The lowest BCUT2D eigenvalue weighted by atomic mass is 9.80. The highest BCUT2D eigenvalue weighted by Crippen LogP contribution is 2.30. The molecule has 1 aliphatic rings. The van der Waals surface area contributed by atoms with Crippen LogP contribution in [0.1, 0.15) is 5.56 Å². The molecule has 19 heavy (non-hydrogen) atoms. The van der Waals surface area contributed by atoms with Gasteiger partial charge in [0.2, 0.25) is 0 Å². The molecule has 6 nitrogen and oxygen atoms in total. The minimum atomic E-state index is -1.25. The molecule has 2 unspecified atom stereocenters. The van der Waals surface area contributed by atoms with Crippen LogP contribution in [0.5, 0.6) is 0 Å². The first kappa shape index (κ1) is 13.5. The van der Waals surface area contributed by atoms with Crippen LogP contribution < -0.4 is 0 Å². The zero-order chi connectivity index (χ0) is 14.0. The Hall–Kier alpha value is -1.89. The summed E-state index contributed by atoms with van der Waals surface area (Å²) in [5, 5.41) is 28.5. The van der Waals surface area contributed by atoms with Gasteiger partial charge in [-0.3, -0.25) is 5.21 Å². The first-order valence-electron chi connectivity index (χ1n) is 5.76. The number of hydrogen-bond acceptors (Lipinski definition) is 5. The van der Waals surface area contributed by atoms with E-state index in [-0.39, 0.29) is 17.2 Å². The van der Waals surface area contributed by atoms with E-state index in [0.717, 1.165) is 5.56 Å². The number of carbonyl (C=O) groups is 1. The summed E-state index contributed by atoms with van der Waals surface area (Å²) in [5.74, 6) is 0. The Kier molecular flexibility index (Phi) is 3.84. The maximum absolute atomic E-state index is 11.6. The second kappa shape index (κ2) is 5.40. The van der Waals surface area contributed by atoms with Gasteiger partial charge in [0.1, 0.15) is 24.9 Å². The van der Waals surface area contributed by atoms with Crippen molar-refractivity contribution in [3.8, 4) is 0 Å². The summed E-state index contributed by atoms with van der Waals surface area (Å²) < 4.78 is 4.88. The average Bonchev–Trinajstić information content (AvgIpc) is 2.45. The zero-order valence-electron chi connectivity index (χ0n) is 10.1. The van der Waals surface area contributed by atoms with Crippen molar-refractivity contribution in [1.82, 2.24) is 5.06 Å². The SMILES string of the molecule is C=C1C(O)C(O)[C@H]1N(O)C(=O)OCc1ccccc1. The monoisotopic (exact) mass is 265 g/mol. The van der Waals surface area contributed by atoms with Gasteiger partial charge in [-0.2, -0.15) is 5.06 Å². The molecule has 6 heteroatoms. The fourth-order valence-electron chi connectivity index (χ4n) is 1.87. The van der Waals surface area contributed by atoms with E-state index >= 15 is 0 Å². The van der Waals surface area contributed by atoms with Crippen LogP contribution in [0, 0.1) is 0 Å². The van der Waals surface area contributed by atoms with Crippen LogP contribution in [0.15, 0.2) is 42.5 Å². The Morgan fingerprint density at radius 2 is 1.95 bits per heavy atom. The summed E-state index contributed by atoms with van der Waals surface area (Å²) in [6.07, 6.45) is -3.37. The Morgan fingerprint density at radius 1 is 1.32 bits per heavy atom. The number of benzene rings is 1. The van der Waals surface area contributed by atoms with Crippen LogP contribution in [-0.2, 0) is 11.3 Å². The normalized spacial score (nSPS) is 25.6. The first-order chi connectivity index (χ1) is 9.02. The topological polar surface area (TPSA) is 90.2 Å². The Morgan fingerprint density at radius 3 is 2.53 bits per heavy atom. The van der Waals surface area contributed by atoms with Crippen molar-refractivity contribution in [2.24, 2.45) is 0 Å². The van der Waals surface area contributed by atoms with Crippen molar-refractivity contribution in [3.63, 3.8) is 0 Å². The Labute approximate surface area is 110 Å². The number of hydrogen-bond donors (Lipinski definition) is 3. The summed E-state index contributed by atoms with van der Waals surface area (Å²) >= 11 is 0. The van der Waals surface area contributed by atoms with Gasteiger partial charge in [-0.05, 0) is 11.1 Å². The van der Waals surface area contributed by atoms with Gasteiger partial charge in [-0.25, -0.2) is 4.79 Å². The molecule has 1 aromatic carbocycles. The highest BCUT2D eigenvalue weighted by atomic mass is 16.6. The summed E-state index contributed by atoms with van der Waals surface area (Å²) in [6, 6.07) is 7.95. The number of aliphatic hydroxyl groups is 2.